The van der Waals surface area contributed by atoms with Gasteiger partial charge in [0, 0.05) is 25.1 Å². The molecule has 0 spiro atoms. The third-order valence-corrected chi connectivity index (χ3v) is 5.64. The van der Waals surface area contributed by atoms with E-state index in [4.69, 9.17) is 14.2 Å². The average Bonchev–Trinajstić information content (AvgIpc) is 2.85. The third kappa shape index (κ3) is 4.12. The van der Waals surface area contributed by atoms with Crippen molar-refractivity contribution in [1.82, 2.24) is 0 Å². The molecule has 0 saturated heterocycles. The van der Waals surface area contributed by atoms with Gasteiger partial charge in [-0.2, -0.15) is 0 Å². The Balaban J connectivity index is 1.75. The molecule has 180 valence electrons. The Morgan fingerprint density at radius 3 is 1.69 bits per heavy atom. The maximum Gasteiger partial charge on any atom is 0.255 e. The number of fused-ring (bicyclic) bond motifs is 2. The lowest BCUT2D eigenvalue weighted by molar-refractivity contribution is -0.117. The van der Waals surface area contributed by atoms with Crippen molar-refractivity contribution in [2.45, 2.75) is 13.8 Å². The van der Waals surface area contributed by atoms with E-state index in [1.165, 1.54) is 40.1 Å². The maximum absolute atomic E-state index is 13.1. The Morgan fingerprint density at radius 2 is 1.20 bits per heavy atom. The topological polar surface area (TPSA) is 97.4 Å². The van der Waals surface area contributed by atoms with Gasteiger partial charge in [0.1, 0.15) is 0 Å². The van der Waals surface area contributed by atoms with Crippen LogP contribution < -0.4 is 29.3 Å². The Kier molecular flexibility index (Phi) is 6.33. The number of hydrogen-bond acceptors (Lipinski definition) is 6. The summed E-state index contributed by atoms with van der Waals surface area (Å²) >= 11 is 0. The van der Waals surface area contributed by atoms with Crippen LogP contribution in [0.1, 0.15) is 24.2 Å². The van der Waals surface area contributed by atoms with E-state index in [0.29, 0.717) is 45.7 Å². The average molecular weight is 476 g/mol. The van der Waals surface area contributed by atoms with Crippen molar-refractivity contribution in [2.75, 3.05) is 36.4 Å². The van der Waals surface area contributed by atoms with Crippen molar-refractivity contribution >= 4 is 46.2 Å². The molecule has 0 aliphatic carbocycles. The van der Waals surface area contributed by atoms with Gasteiger partial charge in [-0.3, -0.25) is 24.2 Å². The molecule has 9 heteroatoms. The molecule has 0 atom stereocenters. The van der Waals surface area contributed by atoms with Crippen molar-refractivity contribution in [3.05, 3.63) is 60.2 Å². The van der Waals surface area contributed by atoms with Crippen LogP contribution in [0, 0.1) is 0 Å². The van der Waals surface area contributed by atoms with Crippen molar-refractivity contribution in [2.24, 2.45) is 0 Å². The van der Waals surface area contributed by atoms with Crippen molar-refractivity contribution < 1.29 is 28.6 Å². The summed E-state index contributed by atoms with van der Waals surface area (Å²) in [4.78, 5) is 41.4. The number of nitrogens with one attached hydrogen (secondary N) is 1. The van der Waals surface area contributed by atoms with Crippen LogP contribution in [0.5, 0.6) is 17.2 Å². The summed E-state index contributed by atoms with van der Waals surface area (Å²) in [6.45, 7) is 2.91. The molecule has 3 aromatic rings. The molecule has 1 N–H and O–H groups in total. The smallest absolute Gasteiger partial charge is 0.255 e. The van der Waals surface area contributed by atoms with Crippen molar-refractivity contribution in [1.29, 1.82) is 0 Å². The highest BCUT2D eigenvalue weighted by atomic mass is 16.5. The molecular formula is C26H25N3O6. The molecule has 3 aromatic carbocycles. The highest BCUT2D eigenvalue weighted by Crippen LogP contribution is 2.49. The van der Waals surface area contributed by atoms with Crippen LogP contribution in [0.3, 0.4) is 0 Å². The number of carbonyl (C=O) groups is 3. The Labute approximate surface area is 202 Å². The second kappa shape index (κ2) is 9.38. The van der Waals surface area contributed by atoms with E-state index < -0.39 is 5.91 Å². The second-order valence-corrected chi connectivity index (χ2v) is 7.77. The van der Waals surface area contributed by atoms with Crippen LogP contribution in [-0.4, -0.2) is 39.1 Å². The zero-order valence-electron chi connectivity index (χ0n) is 20.0. The number of methoxy groups -OCH3 is 3. The van der Waals surface area contributed by atoms with Gasteiger partial charge in [-0.25, -0.2) is 0 Å². The van der Waals surface area contributed by atoms with Crippen LogP contribution in [0.25, 0.3) is 0 Å². The predicted molar refractivity (Wildman–Crippen MR) is 133 cm³/mol. The van der Waals surface area contributed by atoms with E-state index in [1.54, 1.807) is 53.4 Å². The number of para-hydroxylation sites is 2. The summed E-state index contributed by atoms with van der Waals surface area (Å²) in [6, 6.07) is 15.3. The van der Waals surface area contributed by atoms with E-state index in [0.717, 1.165) is 0 Å². The molecule has 0 fully saturated rings. The first-order valence-electron chi connectivity index (χ1n) is 10.8. The predicted octanol–water partition coefficient (Wildman–Crippen LogP) is 4.65. The van der Waals surface area contributed by atoms with E-state index >= 15 is 0 Å². The summed E-state index contributed by atoms with van der Waals surface area (Å²) in [5, 5.41) is 2.84. The summed E-state index contributed by atoms with van der Waals surface area (Å²) in [5.41, 5.74) is 2.94. The molecule has 35 heavy (non-hydrogen) atoms. The molecule has 0 saturated carbocycles. The van der Waals surface area contributed by atoms with Gasteiger partial charge in [0.2, 0.25) is 17.6 Å². The number of anilines is 5. The Morgan fingerprint density at radius 1 is 0.686 bits per heavy atom. The van der Waals surface area contributed by atoms with Crippen LogP contribution in [0.15, 0.2) is 54.6 Å². The zero-order valence-corrected chi connectivity index (χ0v) is 20.0. The molecule has 1 aliphatic rings. The number of ether oxygens (including phenoxy) is 3. The van der Waals surface area contributed by atoms with Gasteiger partial charge in [0.15, 0.2) is 11.5 Å². The summed E-state index contributed by atoms with van der Waals surface area (Å²) < 4.78 is 16.0. The number of nitrogens with zero attached hydrogens (tertiary/aromatic N) is 2. The summed E-state index contributed by atoms with van der Waals surface area (Å²) in [6.07, 6.45) is 0. The molecule has 0 aromatic heterocycles. The molecule has 1 aliphatic heterocycles. The van der Waals surface area contributed by atoms with Gasteiger partial charge >= 0.3 is 0 Å². The van der Waals surface area contributed by atoms with Gasteiger partial charge in [0.25, 0.3) is 5.91 Å². The Bertz CT molecular complexity index is 1310. The first kappa shape index (κ1) is 23.6. The lowest BCUT2D eigenvalue weighted by Gasteiger charge is -2.37. The molecule has 0 radical (unpaired) electrons. The number of amides is 3. The van der Waals surface area contributed by atoms with E-state index in [1.807, 2.05) is 6.07 Å². The fourth-order valence-corrected chi connectivity index (χ4v) is 4.17. The SMILES string of the molecule is COc1cc(C(=O)Nc2ccc3c(c2)N(C(C)=O)c2ccccc2N3C(C)=O)cc(OC)c1OC. The first-order chi connectivity index (χ1) is 16.8. The normalized spacial score (nSPS) is 11.8. The van der Waals surface area contributed by atoms with Crippen LogP contribution in [0.2, 0.25) is 0 Å². The fraction of sp³-hybridized carbons (Fsp3) is 0.192. The second-order valence-electron chi connectivity index (χ2n) is 7.77. The lowest BCUT2D eigenvalue weighted by atomic mass is 10.1. The lowest BCUT2D eigenvalue weighted by Crippen LogP contribution is -2.34. The molecule has 1 heterocycles. The number of benzene rings is 3. The first-order valence-corrected chi connectivity index (χ1v) is 10.8. The van der Waals surface area contributed by atoms with Crippen LogP contribution in [0.4, 0.5) is 28.4 Å². The van der Waals surface area contributed by atoms with Gasteiger partial charge in [0.05, 0.1) is 44.1 Å². The Hall–Kier alpha value is -4.53. The fourth-order valence-electron chi connectivity index (χ4n) is 4.17. The van der Waals surface area contributed by atoms with E-state index in [-0.39, 0.29) is 17.4 Å². The van der Waals surface area contributed by atoms with Gasteiger partial charge < -0.3 is 19.5 Å². The van der Waals surface area contributed by atoms with Gasteiger partial charge in [-0.1, -0.05) is 12.1 Å². The molecule has 0 bridgehead atoms. The molecular weight excluding hydrogens is 450 g/mol. The molecule has 0 unspecified atom stereocenters. The summed E-state index contributed by atoms with van der Waals surface area (Å²) in [7, 11) is 4.42. The summed E-state index contributed by atoms with van der Waals surface area (Å²) in [5.74, 6) is 0.225. The molecule has 9 nitrogen and oxygen atoms in total. The number of carbonyl (C=O) groups excluding carboxylic acids is 3. The minimum Gasteiger partial charge on any atom is -0.493 e. The van der Waals surface area contributed by atoms with Crippen LogP contribution >= 0.6 is 0 Å². The number of rotatable bonds is 5. The highest BCUT2D eigenvalue weighted by Gasteiger charge is 2.32. The van der Waals surface area contributed by atoms with E-state index in [2.05, 4.69) is 5.32 Å². The quantitative estimate of drug-likeness (QED) is 0.577. The minimum absolute atomic E-state index is 0.198. The van der Waals surface area contributed by atoms with Crippen molar-refractivity contribution in [3.8, 4) is 17.2 Å². The van der Waals surface area contributed by atoms with Crippen LogP contribution in [-0.2, 0) is 9.59 Å². The third-order valence-electron chi connectivity index (χ3n) is 5.64. The monoisotopic (exact) mass is 475 g/mol. The maximum atomic E-state index is 13.1. The molecule has 3 amide bonds. The van der Waals surface area contributed by atoms with Gasteiger partial charge in [-0.15, -0.1) is 0 Å². The molecule has 4 rings (SSSR count). The van der Waals surface area contributed by atoms with Crippen molar-refractivity contribution in [3.63, 3.8) is 0 Å². The van der Waals surface area contributed by atoms with E-state index in [9.17, 15) is 14.4 Å². The standard InChI is InChI=1S/C26H25N3O6/c1-15(30)28-19-8-6-7-9-20(19)29(16(2)31)22-14-18(10-11-21(22)28)27-26(32)17-12-23(33-3)25(35-5)24(13-17)34-4/h6-14H,1-5H3,(H,27,32). The highest BCUT2D eigenvalue weighted by molar-refractivity contribution is 6.16. The largest absolute Gasteiger partial charge is 0.493 e. The number of hydrogen-bond donors (Lipinski definition) is 1. The minimum atomic E-state index is -0.418. The van der Waals surface area contributed by atoms with Gasteiger partial charge in [-0.05, 0) is 42.5 Å². The zero-order chi connectivity index (χ0) is 25.3.